The van der Waals surface area contributed by atoms with E-state index in [2.05, 4.69) is 5.32 Å². The third-order valence-corrected chi connectivity index (χ3v) is 3.44. The summed E-state index contributed by atoms with van der Waals surface area (Å²) in [5.41, 5.74) is 0.765. The first kappa shape index (κ1) is 15.0. The van der Waals surface area contributed by atoms with E-state index in [4.69, 9.17) is 16.0 Å². The van der Waals surface area contributed by atoms with Gasteiger partial charge in [-0.25, -0.2) is 8.78 Å². The van der Waals surface area contributed by atoms with Crippen LogP contribution in [0.15, 0.2) is 34.9 Å². The van der Waals surface area contributed by atoms with E-state index in [0.29, 0.717) is 5.56 Å². The van der Waals surface area contributed by atoms with Gasteiger partial charge in [-0.3, -0.25) is 0 Å². The first-order valence-corrected chi connectivity index (χ1v) is 6.90. The molecule has 2 rings (SSSR count). The number of rotatable bonds is 6. The smallest absolute Gasteiger partial charge is 0.197 e. The molecule has 0 aliphatic heterocycles. The van der Waals surface area contributed by atoms with Crippen LogP contribution in [-0.4, -0.2) is 6.54 Å². The molecule has 1 heterocycles. The van der Waals surface area contributed by atoms with Crippen LogP contribution in [0.25, 0.3) is 0 Å². The molecule has 1 atom stereocenters. The molecule has 0 aliphatic carbocycles. The zero-order valence-electron chi connectivity index (χ0n) is 11.1. The zero-order valence-corrected chi connectivity index (χ0v) is 11.9. The predicted octanol–water partition coefficient (Wildman–Crippen LogP) is 4.49. The lowest BCUT2D eigenvalue weighted by atomic mass is 10.00. The van der Waals surface area contributed by atoms with Crippen molar-refractivity contribution in [2.24, 2.45) is 0 Å². The standard InChI is InChI=1S/C15H16ClF2NO/c1-2-7-19-14(10-6-8-20-15(10)16)9-11-12(17)4-3-5-13(11)18/h3-6,8,14,19H,2,7,9H2,1H3. The minimum Gasteiger partial charge on any atom is -0.453 e. The third kappa shape index (κ3) is 3.38. The average Bonchev–Trinajstić information content (AvgIpc) is 2.84. The van der Waals surface area contributed by atoms with Crippen molar-refractivity contribution in [1.82, 2.24) is 5.32 Å². The van der Waals surface area contributed by atoms with Crippen LogP contribution < -0.4 is 5.32 Å². The van der Waals surface area contributed by atoms with Gasteiger partial charge in [0.1, 0.15) is 11.6 Å². The fraction of sp³-hybridized carbons (Fsp3) is 0.333. The second kappa shape index (κ2) is 6.86. The van der Waals surface area contributed by atoms with Crippen LogP contribution in [0, 0.1) is 11.6 Å². The molecule has 0 amide bonds. The number of benzene rings is 1. The molecule has 1 aromatic carbocycles. The van der Waals surface area contributed by atoms with Crippen molar-refractivity contribution in [1.29, 1.82) is 0 Å². The van der Waals surface area contributed by atoms with Gasteiger partial charge in [0.25, 0.3) is 0 Å². The minimum absolute atomic E-state index is 0.0540. The largest absolute Gasteiger partial charge is 0.453 e. The third-order valence-electron chi connectivity index (χ3n) is 3.13. The fourth-order valence-electron chi connectivity index (χ4n) is 2.10. The second-order valence-corrected chi connectivity index (χ2v) is 4.90. The Morgan fingerprint density at radius 1 is 1.25 bits per heavy atom. The lowest BCUT2D eigenvalue weighted by molar-refractivity contribution is 0.483. The summed E-state index contributed by atoms with van der Waals surface area (Å²) in [5, 5.41) is 3.48. The number of halogens is 3. The Bertz CT molecular complexity index is 551. The van der Waals surface area contributed by atoms with Crippen LogP contribution in [0.4, 0.5) is 8.78 Å². The monoisotopic (exact) mass is 299 g/mol. The Morgan fingerprint density at radius 3 is 2.50 bits per heavy atom. The lowest BCUT2D eigenvalue weighted by Gasteiger charge is -2.18. The molecular formula is C15H16ClF2NO. The SMILES string of the molecule is CCCNC(Cc1c(F)cccc1F)c1ccoc1Cl. The normalized spacial score (nSPS) is 12.6. The number of hydrogen-bond donors (Lipinski definition) is 1. The maximum atomic E-state index is 13.8. The van der Waals surface area contributed by atoms with Crippen molar-refractivity contribution < 1.29 is 13.2 Å². The summed E-state index contributed by atoms with van der Waals surface area (Å²) in [6.07, 6.45) is 2.56. The van der Waals surface area contributed by atoms with Crippen LogP contribution >= 0.6 is 11.6 Å². The van der Waals surface area contributed by atoms with Crippen LogP contribution in [0.5, 0.6) is 0 Å². The van der Waals surface area contributed by atoms with Gasteiger partial charge in [-0.05, 0) is 49.2 Å². The van der Waals surface area contributed by atoms with E-state index < -0.39 is 11.6 Å². The van der Waals surface area contributed by atoms with Crippen molar-refractivity contribution in [2.75, 3.05) is 6.54 Å². The molecule has 2 nitrogen and oxygen atoms in total. The van der Waals surface area contributed by atoms with Gasteiger partial charge >= 0.3 is 0 Å². The Kier molecular flexibility index (Phi) is 5.15. The van der Waals surface area contributed by atoms with Crippen molar-refractivity contribution in [3.63, 3.8) is 0 Å². The highest BCUT2D eigenvalue weighted by atomic mass is 35.5. The summed E-state index contributed by atoms with van der Waals surface area (Å²) < 4.78 is 32.6. The van der Waals surface area contributed by atoms with E-state index in [1.165, 1.54) is 24.5 Å². The molecule has 2 aromatic rings. The summed E-state index contributed by atoms with van der Waals surface area (Å²) in [4.78, 5) is 0. The molecule has 0 bridgehead atoms. The van der Waals surface area contributed by atoms with Crippen molar-refractivity contribution in [3.05, 3.63) is 58.5 Å². The fourth-order valence-corrected chi connectivity index (χ4v) is 2.34. The van der Waals surface area contributed by atoms with Crippen LogP contribution in [-0.2, 0) is 6.42 Å². The van der Waals surface area contributed by atoms with E-state index in [9.17, 15) is 8.78 Å². The topological polar surface area (TPSA) is 25.2 Å². The van der Waals surface area contributed by atoms with Gasteiger partial charge in [0.05, 0.1) is 6.26 Å². The van der Waals surface area contributed by atoms with E-state index >= 15 is 0 Å². The predicted molar refractivity (Wildman–Crippen MR) is 74.8 cm³/mol. The summed E-state index contributed by atoms with van der Waals surface area (Å²) >= 11 is 5.97. The van der Waals surface area contributed by atoms with Gasteiger partial charge in [0.15, 0.2) is 5.22 Å². The summed E-state index contributed by atoms with van der Waals surface area (Å²) in [5.74, 6) is -1.10. The molecule has 0 spiro atoms. The van der Waals surface area contributed by atoms with E-state index in [0.717, 1.165) is 13.0 Å². The van der Waals surface area contributed by atoms with Gasteiger partial charge in [-0.2, -0.15) is 0 Å². The summed E-state index contributed by atoms with van der Waals surface area (Å²) in [6, 6.07) is 5.30. The molecular weight excluding hydrogens is 284 g/mol. The van der Waals surface area contributed by atoms with Crippen molar-refractivity contribution in [2.45, 2.75) is 25.8 Å². The van der Waals surface area contributed by atoms with E-state index in [1.54, 1.807) is 6.07 Å². The maximum Gasteiger partial charge on any atom is 0.197 e. The highest BCUT2D eigenvalue weighted by molar-refractivity contribution is 6.29. The molecule has 0 saturated carbocycles. The Hall–Kier alpha value is -1.39. The Morgan fingerprint density at radius 2 is 1.95 bits per heavy atom. The zero-order chi connectivity index (χ0) is 14.5. The van der Waals surface area contributed by atoms with Crippen LogP contribution in [0.1, 0.15) is 30.5 Å². The molecule has 108 valence electrons. The molecule has 0 aliphatic rings. The molecule has 1 aromatic heterocycles. The average molecular weight is 300 g/mol. The second-order valence-electron chi connectivity index (χ2n) is 4.56. The van der Waals surface area contributed by atoms with Crippen molar-refractivity contribution >= 4 is 11.6 Å². The number of nitrogens with one attached hydrogen (secondary N) is 1. The number of furan rings is 1. The quantitative estimate of drug-likeness (QED) is 0.850. The molecule has 20 heavy (non-hydrogen) atoms. The number of hydrogen-bond acceptors (Lipinski definition) is 2. The molecule has 5 heteroatoms. The first-order valence-electron chi connectivity index (χ1n) is 6.52. The molecule has 0 fully saturated rings. The van der Waals surface area contributed by atoms with E-state index in [1.807, 2.05) is 6.92 Å². The molecule has 1 unspecified atom stereocenters. The maximum absolute atomic E-state index is 13.8. The lowest BCUT2D eigenvalue weighted by Crippen LogP contribution is -2.24. The highest BCUT2D eigenvalue weighted by Crippen LogP contribution is 2.28. The molecule has 0 radical (unpaired) electrons. The van der Waals surface area contributed by atoms with Crippen LogP contribution in [0.3, 0.4) is 0 Å². The van der Waals surface area contributed by atoms with Crippen molar-refractivity contribution in [3.8, 4) is 0 Å². The van der Waals surface area contributed by atoms with Gasteiger partial charge in [0.2, 0.25) is 0 Å². The Balaban J connectivity index is 2.26. The molecule has 0 saturated heterocycles. The highest BCUT2D eigenvalue weighted by Gasteiger charge is 2.20. The van der Waals surface area contributed by atoms with Gasteiger partial charge < -0.3 is 9.73 Å². The minimum atomic E-state index is -0.548. The molecule has 1 N–H and O–H groups in total. The van der Waals surface area contributed by atoms with Gasteiger partial charge in [0, 0.05) is 17.2 Å². The summed E-state index contributed by atoms with van der Waals surface area (Å²) in [6.45, 7) is 2.74. The van der Waals surface area contributed by atoms with E-state index in [-0.39, 0.29) is 23.2 Å². The first-order chi connectivity index (χ1) is 9.63. The van der Waals surface area contributed by atoms with Gasteiger partial charge in [-0.1, -0.05) is 13.0 Å². The van der Waals surface area contributed by atoms with Gasteiger partial charge in [-0.15, -0.1) is 0 Å². The van der Waals surface area contributed by atoms with Crippen LogP contribution in [0.2, 0.25) is 5.22 Å². The summed E-state index contributed by atoms with van der Waals surface area (Å²) in [7, 11) is 0. The Labute approximate surface area is 121 Å².